The summed E-state index contributed by atoms with van der Waals surface area (Å²) in [6, 6.07) is 43.0. The van der Waals surface area contributed by atoms with Crippen molar-refractivity contribution in [1.29, 1.82) is 0 Å². The van der Waals surface area contributed by atoms with Gasteiger partial charge in [0.2, 0.25) is 0 Å². The number of pyridine rings is 2. The Balaban J connectivity index is 0.000000307. The van der Waals surface area contributed by atoms with Crippen molar-refractivity contribution in [2.75, 3.05) is 0 Å². The van der Waals surface area contributed by atoms with Crippen LogP contribution in [0.25, 0.3) is 66.7 Å². The van der Waals surface area contributed by atoms with Gasteiger partial charge in [0.05, 0.1) is 15.0 Å². The van der Waals surface area contributed by atoms with Crippen molar-refractivity contribution in [1.82, 2.24) is 9.97 Å². The van der Waals surface area contributed by atoms with Crippen LogP contribution in [-0.2, 0) is 25.5 Å². The van der Waals surface area contributed by atoms with Crippen molar-refractivity contribution in [2.45, 2.75) is 59.5 Å². The van der Waals surface area contributed by atoms with Gasteiger partial charge in [-0.3, -0.25) is 0 Å². The van der Waals surface area contributed by atoms with E-state index >= 15 is 0 Å². The minimum atomic E-state index is -2.61. The summed E-state index contributed by atoms with van der Waals surface area (Å²) in [5.74, 6) is 0. The van der Waals surface area contributed by atoms with Gasteiger partial charge >= 0.3 is 0 Å². The maximum Gasteiger partial charge on any atom is 0.121 e. The molecular weight excluding hydrogens is 853 g/mol. The normalized spacial score (nSPS) is 13.9. The molecule has 3 heterocycles. The van der Waals surface area contributed by atoms with Crippen LogP contribution in [0.15, 0.2) is 138 Å². The zero-order valence-electron chi connectivity index (χ0n) is 38.3. The zero-order valence-corrected chi connectivity index (χ0v) is 34.7. The molecule has 8 aromatic rings. The first-order valence-corrected chi connectivity index (χ1v) is 21.2. The third kappa shape index (κ3) is 8.24. The monoisotopic (exact) mass is 906 g/mol. The van der Waals surface area contributed by atoms with Crippen molar-refractivity contribution < 1.29 is 34.1 Å². The topological polar surface area (TPSA) is 38.9 Å². The summed E-state index contributed by atoms with van der Waals surface area (Å²) >= 11 is 0. The smallest absolute Gasteiger partial charge is 0.121 e. The number of aromatic nitrogens is 2. The number of hydrogen-bond donors (Lipinski definition) is 0. The summed E-state index contributed by atoms with van der Waals surface area (Å²) in [7, 11) is -1.23. The van der Waals surface area contributed by atoms with E-state index in [1.165, 1.54) is 11.4 Å². The Hall–Kier alpha value is -4.93. The molecule has 0 fully saturated rings. The Morgan fingerprint density at radius 2 is 1.46 bits per heavy atom. The number of hydrogen-bond acceptors (Lipinski definition) is 3. The number of furan rings is 1. The van der Waals surface area contributed by atoms with Crippen LogP contribution >= 0.6 is 0 Å². The van der Waals surface area contributed by atoms with Crippen molar-refractivity contribution in [3.05, 3.63) is 163 Å². The molecule has 0 amide bonds. The van der Waals surface area contributed by atoms with Crippen LogP contribution in [0.5, 0.6) is 0 Å². The number of benzene rings is 5. The SMILES string of the molecule is C[Si](C)(C)c1ccc(-c2[c-]cccc2)nc1.[2H]c1cc(C(C)(C)C)cc(C([2H])([2H])[2H])c1-c1cc(-c2[c-]ccc3c2oc2cc(-c4ccccc4)ccc23)ncc1C([2H])([2H])[2H].[Ir]. The number of fused-ring (bicyclic) bond motifs is 3. The maximum absolute atomic E-state index is 8.94. The third-order valence-electron chi connectivity index (χ3n) is 9.39. The zero-order chi connectivity index (χ0) is 43.2. The fourth-order valence-corrected chi connectivity index (χ4v) is 7.28. The van der Waals surface area contributed by atoms with Crippen molar-refractivity contribution in [3.63, 3.8) is 0 Å². The second-order valence-electron chi connectivity index (χ2n) is 15.3. The first-order valence-electron chi connectivity index (χ1n) is 21.2. The summed E-state index contributed by atoms with van der Waals surface area (Å²) in [6.07, 6.45) is 3.27. The quantitative estimate of drug-likeness (QED) is 0.128. The van der Waals surface area contributed by atoms with Crippen LogP contribution in [-0.4, -0.2) is 18.0 Å². The van der Waals surface area contributed by atoms with Gasteiger partial charge in [-0.05, 0) is 80.7 Å². The van der Waals surface area contributed by atoms with E-state index in [2.05, 4.69) is 53.9 Å². The molecule has 5 heteroatoms. The molecule has 0 aliphatic heterocycles. The van der Waals surface area contributed by atoms with E-state index in [0.29, 0.717) is 28.0 Å². The fourth-order valence-electron chi connectivity index (χ4n) is 6.24. The Morgan fingerprint density at radius 1 is 0.685 bits per heavy atom. The molecular formula is C49H46IrN2OSi-2. The summed E-state index contributed by atoms with van der Waals surface area (Å²) in [6.45, 7) is 7.62. The summed E-state index contributed by atoms with van der Waals surface area (Å²) in [4.78, 5) is 9.03. The molecule has 273 valence electrons. The standard InChI is InChI=1S/C35H30NO.C14H16NSi.Ir/c1-22-18-26(35(3,4)5)15-17-27(22)31-20-32(36-21-23(31)2)30-13-9-12-29-28-16-14-25(19-33(28)37-34(29)30)24-10-7-6-8-11-24;1-16(2,3)13-9-10-14(15-11-13)12-7-5-4-6-8-12;/h6-12,14-21H,1-5H3;4-7,9-11H,1-3H3;/q2*-1;/i1D3,2D3,17D;;. The van der Waals surface area contributed by atoms with Gasteiger partial charge in [0.1, 0.15) is 5.58 Å². The third-order valence-corrected chi connectivity index (χ3v) is 11.4. The Labute approximate surface area is 344 Å². The molecule has 8 rings (SSSR count). The van der Waals surface area contributed by atoms with Gasteiger partial charge in [-0.1, -0.05) is 130 Å². The second-order valence-corrected chi connectivity index (χ2v) is 20.4. The van der Waals surface area contributed by atoms with Crippen LogP contribution < -0.4 is 5.19 Å². The van der Waals surface area contributed by atoms with E-state index in [1.807, 2.05) is 106 Å². The molecule has 0 unspecified atom stereocenters. The largest absolute Gasteiger partial charge is 0.501 e. The molecule has 1 radical (unpaired) electrons. The van der Waals surface area contributed by atoms with E-state index in [0.717, 1.165) is 33.2 Å². The number of nitrogens with zero attached hydrogens (tertiary/aromatic N) is 2. The first kappa shape index (κ1) is 30.4. The molecule has 0 N–H and O–H groups in total. The van der Waals surface area contributed by atoms with Gasteiger partial charge in [0, 0.05) is 46.1 Å². The average molecular weight is 906 g/mol. The Kier molecular flexibility index (Phi) is 8.90. The van der Waals surface area contributed by atoms with Crippen LogP contribution in [0.3, 0.4) is 0 Å². The molecule has 0 bridgehead atoms. The first-order chi connectivity index (χ1) is 28.2. The second kappa shape index (κ2) is 15.8. The summed E-state index contributed by atoms with van der Waals surface area (Å²) in [5, 5.41) is 3.15. The molecule has 3 aromatic heterocycles. The van der Waals surface area contributed by atoms with Crippen molar-refractivity contribution >= 4 is 35.2 Å². The molecule has 0 saturated carbocycles. The van der Waals surface area contributed by atoms with Crippen LogP contribution in [0.4, 0.5) is 0 Å². The van der Waals surface area contributed by atoms with E-state index in [9.17, 15) is 0 Å². The predicted octanol–water partition coefficient (Wildman–Crippen LogP) is 12.8. The number of rotatable bonds is 5. The molecule has 5 aromatic carbocycles. The minimum absolute atomic E-state index is 0. The predicted molar refractivity (Wildman–Crippen MR) is 226 cm³/mol. The average Bonchev–Trinajstić information content (AvgIpc) is 3.58. The van der Waals surface area contributed by atoms with E-state index < -0.39 is 27.2 Å². The summed E-state index contributed by atoms with van der Waals surface area (Å²) in [5.41, 5.74) is 6.42. The van der Waals surface area contributed by atoms with Gasteiger partial charge in [-0.25, -0.2) is 0 Å². The van der Waals surface area contributed by atoms with Gasteiger partial charge < -0.3 is 14.4 Å². The Morgan fingerprint density at radius 3 is 2.15 bits per heavy atom. The molecule has 0 atom stereocenters. The van der Waals surface area contributed by atoms with Crippen molar-refractivity contribution in [3.8, 4) is 44.8 Å². The molecule has 0 spiro atoms. The molecule has 0 aliphatic carbocycles. The van der Waals surface area contributed by atoms with Crippen LogP contribution in [0, 0.1) is 25.8 Å². The molecule has 3 nitrogen and oxygen atoms in total. The van der Waals surface area contributed by atoms with Gasteiger partial charge in [0.15, 0.2) is 0 Å². The van der Waals surface area contributed by atoms with Gasteiger partial charge in [-0.2, -0.15) is 0 Å². The fraction of sp³-hybridized carbons (Fsp3) is 0.184. The van der Waals surface area contributed by atoms with E-state index in [-0.39, 0.29) is 48.4 Å². The maximum atomic E-state index is 8.94. The van der Waals surface area contributed by atoms with Crippen LogP contribution in [0.2, 0.25) is 19.6 Å². The van der Waals surface area contributed by atoms with Gasteiger partial charge in [0.25, 0.3) is 0 Å². The Bertz CT molecular complexity index is 2810. The molecule has 54 heavy (non-hydrogen) atoms. The summed E-state index contributed by atoms with van der Waals surface area (Å²) < 4.78 is 65.0. The van der Waals surface area contributed by atoms with Crippen molar-refractivity contribution in [2.24, 2.45) is 0 Å². The van der Waals surface area contributed by atoms with E-state index in [1.54, 1.807) is 24.3 Å². The molecule has 0 saturated heterocycles. The number of aryl methyl sites for hydroxylation is 2. The minimum Gasteiger partial charge on any atom is -0.501 e. The van der Waals surface area contributed by atoms with Crippen LogP contribution in [0.1, 0.15) is 47.1 Å². The molecule has 0 aliphatic rings. The van der Waals surface area contributed by atoms with Gasteiger partial charge in [-0.15, -0.1) is 54.1 Å². The van der Waals surface area contributed by atoms with E-state index in [4.69, 9.17) is 14.0 Å².